The van der Waals surface area contributed by atoms with Gasteiger partial charge in [-0.3, -0.25) is 4.79 Å². The fourth-order valence-electron chi connectivity index (χ4n) is 2.38. The number of amides is 2. The summed E-state index contributed by atoms with van der Waals surface area (Å²) in [5.41, 5.74) is 0. The Morgan fingerprint density at radius 2 is 1.88 bits per heavy atom. The number of carbonyl (C=O) groups excluding carboxylic acids is 1. The van der Waals surface area contributed by atoms with E-state index in [-0.39, 0.29) is 12.6 Å². The molecule has 1 aliphatic carbocycles. The minimum absolute atomic E-state index is 0.179. The average Bonchev–Trinajstić information content (AvgIpc) is 2.77. The molecule has 0 atom stereocenters. The van der Waals surface area contributed by atoms with Crippen LogP contribution in [0, 0.1) is 5.92 Å². The molecule has 2 amide bonds. The second-order valence-electron chi connectivity index (χ2n) is 4.72. The summed E-state index contributed by atoms with van der Waals surface area (Å²) in [6.07, 6.45) is 4.87. The van der Waals surface area contributed by atoms with Gasteiger partial charge in [0.25, 0.3) is 0 Å². The molecule has 1 rings (SSSR count). The Labute approximate surface area is 102 Å². The molecule has 0 aromatic heterocycles. The van der Waals surface area contributed by atoms with Crippen LogP contribution in [0.15, 0.2) is 0 Å². The molecule has 0 bridgehead atoms. The smallest absolute Gasteiger partial charge is 0.323 e. The Balaban J connectivity index is 2.44. The molecule has 17 heavy (non-hydrogen) atoms. The van der Waals surface area contributed by atoms with Crippen LogP contribution in [0.4, 0.5) is 4.79 Å². The predicted octanol–water partition coefficient (Wildman–Crippen LogP) is 1.63. The molecule has 0 unspecified atom stereocenters. The first kappa shape index (κ1) is 13.8. The van der Waals surface area contributed by atoms with Crippen molar-refractivity contribution >= 4 is 12.0 Å². The molecule has 5 nitrogen and oxygen atoms in total. The summed E-state index contributed by atoms with van der Waals surface area (Å²) in [6.45, 7) is 2.75. The van der Waals surface area contributed by atoms with E-state index in [4.69, 9.17) is 5.11 Å². The largest absolute Gasteiger partial charge is 0.480 e. The second-order valence-corrected chi connectivity index (χ2v) is 4.72. The van der Waals surface area contributed by atoms with Crippen LogP contribution in [0.25, 0.3) is 0 Å². The van der Waals surface area contributed by atoms with Crippen LogP contribution < -0.4 is 0 Å². The predicted molar refractivity (Wildman–Crippen MR) is 64.9 cm³/mol. The molecule has 1 fully saturated rings. The highest BCUT2D eigenvalue weighted by molar-refractivity contribution is 5.80. The molecule has 1 saturated carbocycles. The van der Waals surface area contributed by atoms with Crippen LogP contribution in [-0.4, -0.2) is 53.6 Å². The number of urea groups is 1. The minimum Gasteiger partial charge on any atom is -0.480 e. The molecule has 0 aromatic carbocycles. The van der Waals surface area contributed by atoms with Crippen LogP contribution in [0.1, 0.15) is 32.6 Å². The van der Waals surface area contributed by atoms with E-state index >= 15 is 0 Å². The number of rotatable bonds is 5. The van der Waals surface area contributed by atoms with E-state index in [0.717, 1.165) is 6.54 Å². The monoisotopic (exact) mass is 242 g/mol. The van der Waals surface area contributed by atoms with Crippen LogP contribution in [0.3, 0.4) is 0 Å². The maximum atomic E-state index is 12.0. The van der Waals surface area contributed by atoms with Crippen molar-refractivity contribution in [1.82, 2.24) is 9.80 Å². The van der Waals surface area contributed by atoms with Gasteiger partial charge >= 0.3 is 12.0 Å². The number of likely N-dealkylation sites (N-methyl/N-ethyl adjacent to an activating group) is 1. The van der Waals surface area contributed by atoms with Gasteiger partial charge in [-0.05, 0) is 25.7 Å². The van der Waals surface area contributed by atoms with E-state index in [0.29, 0.717) is 12.5 Å². The van der Waals surface area contributed by atoms with E-state index in [1.807, 2.05) is 0 Å². The van der Waals surface area contributed by atoms with E-state index in [9.17, 15) is 9.59 Å². The van der Waals surface area contributed by atoms with Crippen molar-refractivity contribution < 1.29 is 14.7 Å². The van der Waals surface area contributed by atoms with Crippen molar-refractivity contribution in [2.75, 3.05) is 26.7 Å². The first-order valence-electron chi connectivity index (χ1n) is 6.26. The lowest BCUT2D eigenvalue weighted by molar-refractivity contribution is -0.137. The van der Waals surface area contributed by atoms with E-state index in [2.05, 4.69) is 0 Å². The highest BCUT2D eigenvalue weighted by Crippen LogP contribution is 2.25. The maximum Gasteiger partial charge on any atom is 0.323 e. The van der Waals surface area contributed by atoms with Crippen molar-refractivity contribution in [3.05, 3.63) is 0 Å². The van der Waals surface area contributed by atoms with Crippen molar-refractivity contribution in [2.24, 2.45) is 5.92 Å². The first-order valence-corrected chi connectivity index (χ1v) is 6.26. The maximum absolute atomic E-state index is 12.0. The summed E-state index contributed by atoms with van der Waals surface area (Å²) < 4.78 is 0. The summed E-state index contributed by atoms with van der Waals surface area (Å²) in [5.74, 6) is -0.373. The van der Waals surface area contributed by atoms with Crippen LogP contribution in [0.5, 0.6) is 0 Å². The Kier molecular flexibility index (Phi) is 5.25. The zero-order valence-electron chi connectivity index (χ0n) is 10.7. The third-order valence-electron chi connectivity index (χ3n) is 3.31. The lowest BCUT2D eigenvalue weighted by Gasteiger charge is -2.27. The summed E-state index contributed by atoms with van der Waals surface area (Å²) in [5, 5.41) is 8.72. The van der Waals surface area contributed by atoms with Crippen molar-refractivity contribution in [3.63, 3.8) is 0 Å². The average molecular weight is 242 g/mol. The molecular weight excluding hydrogens is 220 g/mol. The molecule has 5 heteroatoms. The number of carboxylic acids is 1. The quantitative estimate of drug-likeness (QED) is 0.797. The molecule has 0 radical (unpaired) electrons. The van der Waals surface area contributed by atoms with Crippen molar-refractivity contribution in [3.8, 4) is 0 Å². The number of carboxylic acid groups (broad SMARTS) is 1. The normalized spacial score (nSPS) is 15.9. The molecule has 98 valence electrons. The Bertz CT molecular complexity index is 275. The number of nitrogens with zero attached hydrogens (tertiary/aromatic N) is 2. The molecular formula is C12H22N2O3. The first-order chi connectivity index (χ1) is 8.04. The second kappa shape index (κ2) is 6.47. The topological polar surface area (TPSA) is 60.9 Å². The zero-order chi connectivity index (χ0) is 12.8. The van der Waals surface area contributed by atoms with Gasteiger partial charge in [0.05, 0.1) is 0 Å². The Hall–Kier alpha value is -1.26. The van der Waals surface area contributed by atoms with E-state index < -0.39 is 5.97 Å². The van der Waals surface area contributed by atoms with Crippen molar-refractivity contribution in [2.45, 2.75) is 32.6 Å². The summed E-state index contributed by atoms with van der Waals surface area (Å²) in [6, 6.07) is -0.179. The van der Waals surface area contributed by atoms with Crippen LogP contribution in [-0.2, 0) is 4.79 Å². The third-order valence-corrected chi connectivity index (χ3v) is 3.31. The minimum atomic E-state index is -0.963. The van der Waals surface area contributed by atoms with Gasteiger partial charge in [0.1, 0.15) is 6.54 Å². The van der Waals surface area contributed by atoms with Crippen LogP contribution >= 0.6 is 0 Å². The van der Waals surface area contributed by atoms with Gasteiger partial charge in [-0.1, -0.05) is 12.8 Å². The van der Waals surface area contributed by atoms with Crippen LogP contribution in [0.2, 0.25) is 0 Å². The summed E-state index contributed by atoms with van der Waals surface area (Å²) in [4.78, 5) is 25.6. The SMILES string of the molecule is CCN(CC(=O)O)C(=O)N(C)CC1CCCC1. The van der Waals surface area contributed by atoms with Gasteiger partial charge in [0.15, 0.2) is 0 Å². The molecule has 0 heterocycles. The lowest BCUT2D eigenvalue weighted by Crippen LogP contribution is -2.44. The van der Waals surface area contributed by atoms with Gasteiger partial charge in [-0.25, -0.2) is 4.79 Å². The highest BCUT2D eigenvalue weighted by Gasteiger charge is 2.23. The van der Waals surface area contributed by atoms with E-state index in [1.165, 1.54) is 30.6 Å². The van der Waals surface area contributed by atoms with Gasteiger partial charge in [0, 0.05) is 20.1 Å². The van der Waals surface area contributed by atoms with Gasteiger partial charge in [-0.2, -0.15) is 0 Å². The Morgan fingerprint density at radius 3 is 2.35 bits per heavy atom. The molecule has 1 aliphatic rings. The van der Waals surface area contributed by atoms with Gasteiger partial charge in [-0.15, -0.1) is 0 Å². The summed E-state index contributed by atoms with van der Waals surface area (Å²) in [7, 11) is 1.76. The Morgan fingerprint density at radius 1 is 1.29 bits per heavy atom. The third kappa shape index (κ3) is 4.24. The highest BCUT2D eigenvalue weighted by atomic mass is 16.4. The standard InChI is InChI=1S/C12H22N2O3/c1-3-14(9-11(15)16)12(17)13(2)8-10-6-4-5-7-10/h10H,3-9H2,1-2H3,(H,15,16). The molecule has 0 aromatic rings. The molecule has 0 aliphatic heterocycles. The number of hydrogen-bond donors (Lipinski definition) is 1. The lowest BCUT2D eigenvalue weighted by atomic mass is 10.1. The summed E-state index contributed by atoms with van der Waals surface area (Å²) >= 11 is 0. The molecule has 0 spiro atoms. The molecule has 1 N–H and O–H groups in total. The number of aliphatic carboxylic acids is 1. The molecule has 0 saturated heterocycles. The number of hydrogen-bond acceptors (Lipinski definition) is 2. The van der Waals surface area contributed by atoms with E-state index in [1.54, 1.807) is 18.9 Å². The van der Waals surface area contributed by atoms with Crippen molar-refractivity contribution in [1.29, 1.82) is 0 Å². The van der Waals surface area contributed by atoms with Gasteiger partial charge < -0.3 is 14.9 Å². The number of carbonyl (C=O) groups is 2. The van der Waals surface area contributed by atoms with Gasteiger partial charge in [0.2, 0.25) is 0 Å². The zero-order valence-corrected chi connectivity index (χ0v) is 10.7. The fraction of sp³-hybridized carbons (Fsp3) is 0.833. The fourth-order valence-corrected chi connectivity index (χ4v) is 2.38.